The van der Waals surface area contributed by atoms with Crippen LogP contribution in [0, 0.1) is 11.8 Å². The Morgan fingerprint density at radius 2 is 2.06 bits per heavy atom. The first-order valence-electron chi connectivity index (χ1n) is 6.61. The maximum absolute atomic E-state index is 6.53. The van der Waals surface area contributed by atoms with Gasteiger partial charge in [0.2, 0.25) is 0 Å². The summed E-state index contributed by atoms with van der Waals surface area (Å²) in [7, 11) is 2.25. The molecule has 92 valence electrons. The highest BCUT2D eigenvalue weighted by Gasteiger charge is 2.51. The van der Waals surface area contributed by atoms with Gasteiger partial charge in [-0.2, -0.15) is 0 Å². The molecule has 3 nitrogen and oxygen atoms in total. The highest BCUT2D eigenvalue weighted by atomic mass is 79.9. The first-order valence-corrected chi connectivity index (χ1v) is 7.53. The number of rotatable bonds is 0. The number of alkyl halides is 1. The summed E-state index contributed by atoms with van der Waals surface area (Å²) >= 11 is 3.78. The SMILES string of the molecule is CN1CCC2C(N)C3CC(Br)CCC3[NH2+]C21. The Hall–Kier alpha value is 0.360. The molecule has 6 atom stereocenters. The summed E-state index contributed by atoms with van der Waals surface area (Å²) < 4.78 is 0. The van der Waals surface area contributed by atoms with Gasteiger partial charge in [-0.3, -0.25) is 4.90 Å². The fraction of sp³-hybridized carbons (Fsp3) is 1.00. The normalized spacial score (nSPS) is 53.4. The predicted molar refractivity (Wildman–Crippen MR) is 68.3 cm³/mol. The van der Waals surface area contributed by atoms with Gasteiger partial charge in [0.25, 0.3) is 0 Å². The van der Waals surface area contributed by atoms with Crippen LogP contribution < -0.4 is 11.1 Å². The smallest absolute Gasteiger partial charge is 0.146 e. The first kappa shape index (κ1) is 11.5. The number of fused-ring (bicyclic) bond motifs is 2. The Morgan fingerprint density at radius 1 is 1.25 bits per heavy atom. The zero-order valence-corrected chi connectivity index (χ0v) is 11.6. The van der Waals surface area contributed by atoms with Crippen molar-refractivity contribution in [1.29, 1.82) is 0 Å². The fourth-order valence-corrected chi connectivity index (χ4v) is 4.83. The second-order valence-corrected chi connectivity index (χ2v) is 7.23. The van der Waals surface area contributed by atoms with Crippen LogP contribution in [-0.2, 0) is 0 Å². The van der Waals surface area contributed by atoms with Crippen molar-refractivity contribution in [3.63, 3.8) is 0 Å². The number of halogens is 1. The summed E-state index contributed by atoms with van der Waals surface area (Å²) in [5, 5.41) is 2.63. The van der Waals surface area contributed by atoms with E-state index >= 15 is 0 Å². The van der Waals surface area contributed by atoms with E-state index in [1.165, 1.54) is 32.2 Å². The molecule has 1 saturated carbocycles. The molecule has 2 heterocycles. The lowest BCUT2D eigenvalue weighted by Crippen LogP contribution is -3.03. The molecule has 0 spiro atoms. The summed E-state index contributed by atoms with van der Waals surface area (Å²) in [5.41, 5.74) is 6.53. The molecule has 3 aliphatic rings. The van der Waals surface area contributed by atoms with Crippen LogP contribution >= 0.6 is 15.9 Å². The second-order valence-electron chi connectivity index (χ2n) is 5.93. The minimum absolute atomic E-state index is 0.435. The van der Waals surface area contributed by atoms with Crippen molar-refractivity contribution in [2.24, 2.45) is 17.6 Å². The van der Waals surface area contributed by atoms with Gasteiger partial charge in [0, 0.05) is 35.7 Å². The Bertz CT molecular complexity index is 273. The van der Waals surface area contributed by atoms with Gasteiger partial charge in [-0.1, -0.05) is 15.9 Å². The number of hydrogen-bond acceptors (Lipinski definition) is 2. The van der Waals surface area contributed by atoms with Crippen LogP contribution in [-0.4, -0.2) is 41.6 Å². The van der Waals surface area contributed by atoms with E-state index in [9.17, 15) is 0 Å². The highest BCUT2D eigenvalue weighted by Crippen LogP contribution is 2.37. The summed E-state index contributed by atoms with van der Waals surface area (Å²) in [6.07, 6.45) is 5.92. The Balaban J connectivity index is 1.78. The number of likely N-dealkylation sites (tertiary alicyclic amines) is 1. The largest absolute Gasteiger partial charge is 0.328 e. The number of quaternary nitrogens is 1. The fourth-order valence-electron chi connectivity index (χ4n) is 4.14. The van der Waals surface area contributed by atoms with Crippen molar-refractivity contribution in [2.45, 2.75) is 48.8 Å². The number of piperidine rings is 1. The first-order chi connectivity index (χ1) is 7.66. The molecule has 4 heteroatoms. The molecular formula is C12H23BrN3+. The minimum Gasteiger partial charge on any atom is -0.328 e. The topological polar surface area (TPSA) is 45.9 Å². The lowest BCUT2D eigenvalue weighted by Gasteiger charge is -2.45. The third-order valence-corrected chi connectivity index (χ3v) is 5.92. The van der Waals surface area contributed by atoms with Crippen LogP contribution in [0.3, 0.4) is 0 Å². The quantitative estimate of drug-likeness (QED) is 0.621. The zero-order valence-electron chi connectivity index (χ0n) is 9.98. The van der Waals surface area contributed by atoms with Crippen LogP contribution in [0.15, 0.2) is 0 Å². The summed E-state index contributed by atoms with van der Waals surface area (Å²) in [6.45, 7) is 1.23. The summed E-state index contributed by atoms with van der Waals surface area (Å²) in [4.78, 5) is 3.21. The molecule has 3 rings (SSSR count). The molecule has 0 bridgehead atoms. The van der Waals surface area contributed by atoms with Gasteiger partial charge in [-0.05, 0) is 26.3 Å². The lowest BCUT2D eigenvalue weighted by molar-refractivity contribution is -0.759. The molecule has 0 aromatic carbocycles. The zero-order chi connectivity index (χ0) is 11.3. The minimum atomic E-state index is 0.435. The maximum atomic E-state index is 6.53. The number of nitrogens with zero attached hydrogens (tertiary/aromatic N) is 1. The van der Waals surface area contributed by atoms with Gasteiger partial charge in [0.05, 0.1) is 6.04 Å². The van der Waals surface area contributed by atoms with Crippen LogP contribution in [0.4, 0.5) is 0 Å². The molecule has 0 aromatic heterocycles. The molecule has 0 radical (unpaired) electrons. The molecular weight excluding hydrogens is 266 g/mol. The predicted octanol–water partition coefficient (Wildman–Crippen LogP) is 0.101. The van der Waals surface area contributed by atoms with Gasteiger partial charge in [0.1, 0.15) is 6.17 Å². The number of nitrogens with two attached hydrogens (primary N) is 2. The van der Waals surface area contributed by atoms with Gasteiger partial charge in [-0.15, -0.1) is 0 Å². The molecule has 6 unspecified atom stereocenters. The molecule has 2 aliphatic heterocycles. The van der Waals surface area contributed by atoms with Crippen molar-refractivity contribution < 1.29 is 5.32 Å². The average molecular weight is 289 g/mol. The van der Waals surface area contributed by atoms with Crippen LogP contribution in [0.1, 0.15) is 25.7 Å². The van der Waals surface area contributed by atoms with E-state index in [0.717, 1.165) is 17.9 Å². The number of hydrogen-bond donors (Lipinski definition) is 2. The Kier molecular flexibility index (Phi) is 3.03. The molecule has 16 heavy (non-hydrogen) atoms. The van der Waals surface area contributed by atoms with E-state index in [2.05, 4.69) is 33.2 Å². The van der Waals surface area contributed by atoms with Crippen LogP contribution in [0.25, 0.3) is 0 Å². The van der Waals surface area contributed by atoms with E-state index < -0.39 is 0 Å². The monoisotopic (exact) mass is 288 g/mol. The Morgan fingerprint density at radius 3 is 2.88 bits per heavy atom. The molecule has 1 aliphatic carbocycles. The van der Waals surface area contributed by atoms with E-state index in [0.29, 0.717) is 17.0 Å². The van der Waals surface area contributed by atoms with E-state index in [1.807, 2.05) is 0 Å². The molecule has 3 fully saturated rings. The third-order valence-electron chi connectivity index (χ3n) is 5.09. The molecule has 0 aromatic rings. The van der Waals surface area contributed by atoms with Crippen molar-refractivity contribution in [1.82, 2.24) is 4.90 Å². The Labute approximate surface area is 106 Å². The van der Waals surface area contributed by atoms with Gasteiger partial charge < -0.3 is 11.1 Å². The molecule has 2 saturated heterocycles. The van der Waals surface area contributed by atoms with E-state index in [-0.39, 0.29) is 0 Å². The van der Waals surface area contributed by atoms with Crippen LogP contribution in [0.5, 0.6) is 0 Å². The van der Waals surface area contributed by atoms with Crippen molar-refractivity contribution in [3.8, 4) is 0 Å². The van der Waals surface area contributed by atoms with Crippen molar-refractivity contribution in [3.05, 3.63) is 0 Å². The van der Waals surface area contributed by atoms with E-state index in [4.69, 9.17) is 5.73 Å². The average Bonchev–Trinajstić information content (AvgIpc) is 2.63. The molecule has 0 amide bonds. The maximum Gasteiger partial charge on any atom is 0.146 e. The van der Waals surface area contributed by atoms with Gasteiger partial charge in [0.15, 0.2) is 0 Å². The van der Waals surface area contributed by atoms with Gasteiger partial charge >= 0.3 is 0 Å². The van der Waals surface area contributed by atoms with Gasteiger partial charge in [-0.25, -0.2) is 0 Å². The van der Waals surface area contributed by atoms with Crippen molar-refractivity contribution in [2.75, 3.05) is 13.6 Å². The summed E-state index contributed by atoms with van der Waals surface area (Å²) in [6, 6.07) is 1.22. The second kappa shape index (κ2) is 4.23. The van der Waals surface area contributed by atoms with E-state index in [1.54, 1.807) is 0 Å². The lowest BCUT2D eigenvalue weighted by atomic mass is 9.71. The third kappa shape index (κ3) is 1.74. The molecule has 4 N–H and O–H groups in total. The summed E-state index contributed by atoms with van der Waals surface area (Å²) in [5.74, 6) is 1.47. The van der Waals surface area contributed by atoms with Crippen molar-refractivity contribution >= 4 is 15.9 Å². The standard InChI is InChI=1S/C12H22BrN3/c1-16-5-4-8-11(14)9-6-7(13)2-3-10(9)15-12(8)16/h7-12,15H,2-6,14H2,1H3/p+1. The highest BCUT2D eigenvalue weighted by molar-refractivity contribution is 9.09. The van der Waals surface area contributed by atoms with Crippen LogP contribution in [0.2, 0.25) is 0 Å².